The zero-order chi connectivity index (χ0) is 22.9. The number of rotatable bonds is 9. The van der Waals surface area contributed by atoms with E-state index in [0.717, 1.165) is 24.3 Å². The van der Waals surface area contributed by atoms with Crippen molar-refractivity contribution in [3.05, 3.63) is 65.7 Å². The van der Waals surface area contributed by atoms with Gasteiger partial charge in [0.2, 0.25) is 0 Å². The number of alkyl halides is 3. The molecular formula is C21H21F3N2O4S. The fourth-order valence-electron chi connectivity index (χ4n) is 2.49. The van der Waals surface area contributed by atoms with Crippen molar-refractivity contribution in [2.75, 3.05) is 23.9 Å². The van der Waals surface area contributed by atoms with Gasteiger partial charge in [0.25, 0.3) is 11.8 Å². The van der Waals surface area contributed by atoms with Crippen LogP contribution in [0.3, 0.4) is 0 Å². The second-order valence-corrected chi connectivity index (χ2v) is 7.39. The predicted octanol–water partition coefficient (Wildman–Crippen LogP) is 3.74. The minimum Gasteiger partial charge on any atom is -0.454 e. The van der Waals surface area contributed by atoms with E-state index in [2.05, 4.69) is 10.6 Å². The summed E-state index contributed by atoms with van der Waals surface area (Å²) in [5.41, 5.74) is -0.336. The van der Waals surface area contributed by atoms with Crippen molar-refractivity contribution in [3.63, 3.8) is 0 Å². The lowest BCUT2D eigenvalue weighted by atomic mass is 10.1. The molecule has 166 valence electrons. The number of hydrogen-bond acceptors (Lipinski definition) is 5. The van der Waals surface area contributed by atoms with Crippen LogP contribution < -0.4 is 10.6 Å². The minimum absolute atomic E-state index is 0.130. The van der Waals surface area contributed by atoms with E-state index >= 15 is 0 Å². The first-order valence-corrected chi connectivity index (χ1v) is 10.6. The average molecular weight is 454 g/mol. The number of carbonyl (C=O) groups is 3. The number of amides is 2. The molecule has 0 bridgehead atoms. The summed E-state index contributed by atoms with van der Waals surface area (Å²) in [4.78, 5) is 36.7. The highest BCUT2D eigenvalue weighted by Gasteiger charge is 2.30. The lowest BCUT2D eigenvalue weighted by molar-refractivity contribution is -0.149. The van der Waals surface area contributed by atoms with Gasteiger partial charge in [-0.2, -0.15) is 24.9 Å². The Labute approximate surface area is 181 Å². The topological polar surface area (TPSA) is 84.5 Å². The molecule has 0 heterocycles. The van der Waals surface area contributed by atoms with Crippen LogP contribution in [0.5, 0.6) is 0 Å². The van der Waals surface area contributed by atoms with E-state index in [1.807, 2.05) is 6.26 Å². The Morgan fingerprint density at radius 2 is 1.68 bits per heavy atom. The molecule has 0 fully saturated rings. The molecule has 2 aromatic rings. The van der Waals surface area contributed by atoms with E-state index in [1.165, 1.54) is 11.8 Å². The molecule has 0 aliphatic heterocycles. The summed E-state index contributed by atoms with van der Waals surface area (Å²) in [6, 6.07) is 11.3. The summed E-state index contributed by atoms with van der Waals surface area (Å²) in [5, 5.41) is 4.95. The number of carbonyl (C=O) groups excluding carboxylic acids is 3. The van der Waals surface area contributed by atoms with Gasteiger partial charge < -0.3 is 15.4 Å². The van der Waals surface area contributed by atoms with Crippen LogP contribution in [0.2, 0.25) is 0 Å². The van der Waals surface area contributed by atoms with Crippen molar-refractivity contribution in [1.82, 2.24) is 5.32 Å². The van der Waals surface area contributed by atoms with Crippen LogP contribution in [-0.4, -0.2) is 42.4 Å². The SMILES string of the molecule is CSCCC(NC(=O)c1ccccc1)C(=O)OCC(=O)Nc1ccc(C(F)(F)F)cc1. The highest BCUT2D eigenvalue weighted by atomic mass is 32.2. The molecule has 0 aromatic heterocycles. The van der Waals surface area contributed by atoms with Gasteiger partial charge in [-0.25, -0.2) is 4.79 Å². The molecule has 10 heteroatoms. The fourth-order valence-corrected chi connectivity index (χ4v) is 2.96. The standard InChI is InChI=1S/C21H21F3N2O4S/c1-31-12-11-17(26-19(28)14-5-3-2-4-6-14)20(29)30-13-18(27)25-16-9-7-15(8-10-16)21(22,23)24/h2-10,17H,11-13H2,1H3,(H,25,27)(H,26,28). The molecule has 2 aromatic carbocycles. The first-order valence-electron chi connectivity index (χ1n) is 9.19. The number of ether oxygens (including phenoxy) is 1. The zero-order valence-corrected chi connectivity index (χ0v) is 17.4. The van der Waals surface area contributed by atoms with Gasteiger partial charge in [-0.05, 0) is 54.8 Å². The molecule has 0 radical (unpaired) electrons. The molecule has 0 saturated heterocycles. The summed E-state index contributed by atoms with van der Waals surface area (Å²) in [6.45, 7) is -0.642. The maximum atomic E-state index is 12.6. The third-order valence-electron chi connectivity index (χ3n) is 4.08. The van der Waals surface area contributed by atoms with Gasteiger partial charge in [-0.1, -0.05) is 18.2 Å². The molecule has 1 atom stereocenters. The van der Waals surface area contributed by atoms with Crippen molar-refractivity contribution >= 4 is 35.2 Å². The van der Waals surface area contributed by atoms with Gasteiger partial charge in [0.05, 0.1) is 5.56 Å². The van der Waals surface area contributed by atoms with Gasteiger partial charge in [0.15, 0.2) is 6.61 Å². The van der Waals surface area contributed by atoms with Crippen LogP contribution in [0.15, 0.2) is 54.6 Å². The van der Waals surface area contributed by atoms with Gasteiger partial charge in [-0.15, -0.1) is 0 Å². The third kappa shape index (κ3) is 7.97. The number of hydrogen-bond donors (Lipinski definition) is 2. The Morgan fingerprint density at radius 1 is 1.03 bits per heavy atom. The largest absolute Gasteiger partial charge is 0.454 e. The number of nitrogens with one attached hydrogen (secondary N) is 2. The molecule has 0 saturated carbocycles. The normalized spacial score (nSPS) is 12.0. The lowest BCUT2D eigenvalue weighted by Gasteiger charge is -2.17. The number of anilines is 1. The minimum atomic E-state index is -4.48. The van der Waals surface area contributed by atoms with Crippen LogP contribution in [0, 0.1) is 0 Å². The van der Waals surface area contributed by atoms with E-state index in [0.29, 0.717) is 17.7 Å². The quantitative estimate of drug-likeness (QED) is 0.564. The van der Waals surface area contributed by atoms with Crippen molar-refractivity contribution in [2.24, 2.45) is 0 Å². The van der Waals surface area contributed by atoms with E-state index < -0.39 is 42.2 Å². The zero-order valence-electron chi connectivity index (χ0n) is 16.6. The van der Waals surface area contributed by atoms with Crippen molar-refractivity contribution in [2.45, 2.75) is 18.6 Å². The molecule has 31 heavy (non-hydrogen) atoms. The first kappa shape index (κ1) is 24.3. The second kappa shape index (κ2) is 11.4. The second-order valence-electron chi connectivity index (χ2n) is 6.40. The number of thioether (sulfide) groups is 1. The number of esters is 1. The summed E-state index contributed by atoms with van der Waals surface area (Å²) in [7, 11) is 0. The predicted molar refractivity (Wildman–Crippen MR) is 112 cm³/mol. The van der Waals surface area contributed by atoms with Crippen molar-refractivity contribution in [3.8, 4) is 0 Å². The van der Waals surface area contributed by atoms with E-state index in [1.54, 1.807) is 30.3 Å². The van der Waals surface area contributed by atoms with Gasteiger partial charge in [0.1, 0.15) is 6.04 Å². The van der Waals surface area contributed by atoms with Gasteiger partial charge in [0, 0.05) is 11.3 Å². The molecule has 1 unspecified atom stereocenters. The Bertz CT molecular complexity index is 890. The monoisotopic (exact) mass is 454 g/mol. The maximum absolute atomic E-state index is 12.6. The Morgan fingerprint density at radius 3 is 2.26 bits per heavy atom. The molecule has 0 aliphatic carbocycles. The molecule has 6 nitrogen and oxygen atoms in total. The van der Waals surface area contributed by atoms with Gasteiger partial charge in [-0.3, -0.25) is 9.59 Å². The molecule has 2 N–H and O–H groups in total. The summed E-state index contributed by atoms with van der Waals surface area (Å²) in [6.07, 6.45) is -2.33. The lowest BCUT2D eigenvalue weighted by Crippen LogP contribution is -2.43. The fraction of sp³-hybridized carbons (Fsp3) is 0.286. The highest BCUT2D eigenvalue weighted by Crippen LogP contribution is 2.29. The Hall–Kier alpha value is -3.01. The molecular weight excluding hydrogens is 433 g/mol. The van der Waals surface area contributed by atoms with Crippen LogP contribution in [0.1, 0.15) is 22.3 Å². The Balaban J connectivity index is 1.90. The summed E-state index contributed by atoms with van der Waals surface area (Å²) >= 11 is 1.48. The summed E-state index contributed by atoms with van der Waals surface area (Å²) in [5.74, 6) is -1.36. The van der Waals surface area contributed by atoms with Crippen LogP contribution >= 0.6 is 11.8 Å². The Kier molecular flexibility index (Phi) is 8.92. The maximum Gasteiger partial charge on any atom is 0.416 e. The van der Waals surface area contributed by atoms with E-state index in [-0.39, 0.29) is 5.69 Å². The van der Waals surface area contributed by atoms with Crippen molar-refractivity contribution in [1.29, 1.82) is 0 Å². The van der Waals surface area contributed by atoms with E-state index in [9.17, 15) is 27.6 Å². The first-order chi connectivity index (χ1) is 14.7. The molecule has 0 aliphatic rings. The highest BCUT2D eigenvalue weighted by molar-refractivity contribution is 7.98. The van der Waals surface area contributed by atoms with Crippen LogP contribution in [0.25, 0.3) is 0 Å². The molecule has 0 spiro atoms. The van der Waals surface area contributed by atoms with Gasteiger partial charge >= 0.3 is 12.1 Å². The van der Waals surface area contributed by atoms with Crippen molar-refractivity contribution < 1.29 is 32.3 Å². The number of halogens is 3. The molecule has 2 rings (SSSR count). The average Bonchev–Trinajstić information content (AvgIpc) is 2.75. The van der Waals surface area contributed by atoms with E-state index in [4.69, 9.17) is 4.74 Å². The third-order valence-corrected chi connectivity index (χ3v) is 4.72. The van der Waals surface area contributed by atoms with Crippen LogP contribution in [0.4, 0.5) is 18.9 Å². The number of benzene rings is 2. The molecule has 2 amide bonds. The van der Waals surface area contributed by atoms with Crippen LogP contribution in [-0.2, 0) is 20.5 Å². The summed E-state index contributed by atoms with van der Waals surface area (Å²) < 4.78 is 42.7. The smallest absolute Gasteiger partial charge is 0.416 e.